The zero-order chi connectivity index (χ0) is 42.2. The maximum Gasteiger partial charge on any atom is 0.427 e. The standard InChI is InChI=1S/C39H50F3N5O10S/c1-22-10-6-7-11-24-18-38(24,35(50)46-58(52,53)26-14-15-26)45-32(48)29-17-25(56-33-28-13-9-8-12-27(28)30(55-5)19-43-33)20-47(29)34(49)31(23(16-22)21-54-4)44-36(51)57-37(2,3)39(40,41)42/h7-9,11-13,19,22-26,29,31H,6,10,14-18,20-21H2,1-5H3,(H,44,51)(H,45,48)(H,46,50)/b11-7-/t22-,23-,24-,25+,29-,31-,38-/m0/s1. The lowest BCUT2D eigenvalue weighted by Gasteiger charge is -2.35. The Morgan fingerprint density at radius 2 is 1.78 bits per heavy atom. The first-order valence-corrected chi connectivity index (χ1v) is 20.8. The van der Waals surface area contributed by atoms with Crippen LogP contribution in [-0.2, 0) is 33.9 Å². The van der Waals surface area contributed by atoms with Crippen molar-refractivity contribution in [1.29, 1.82) is 0 Å². The molecule has 4 amide bonds. The monoisotopic (exact) mass is 837 g/mol. The molecule has 1 aromatic heterocycles. The zero-order valence-electron chi connectivity index (χ0n) is 33.0. The second-order valence-corrected chi connectivity index (χ2v) is 18.1. The van der Waals surface area contributed by atoms with E-state index in [4.69, 9.17) is 18.9 Å². The van der Waals surface area contributed by atoms with E-state index in [9.17, 15) is 40.8 Å². The Morgan fingerprint density at radius 1 is 1.07 bits per heavy atom. The molecular weight excluding hydrogens is 788 g/mol. The van der Waals surface area contributed by atoms with Crippen molar-refractivity contribution >= 4 is 44.6 Å². The van der Waals surface area contributed by atoms with Crippen LogP contribution in [0.15, 0.2) is 42.6 Å². The van der Waals surface area contributed by atoms with Gasteiger partial charge in [0.15, 0.2) is 0 Å². The molecule has 318 valence electrons. The number of sulfonamides is 1. The quantitative estimate of drug-likeness (QED) is 0.292. The van der Waals surface area contributed by atoms with E-state index in [1.54, 1.807) is 30.3 Å². The average Bonchev–Trinajstić information content (AvgIpc) is 4.08. The number of alkyl carbamates (subject to hydrolysis) is 1. The van der Waals surface area contributed by atoms with Crippen LogP contribution < -0.4 is 24.8 Å². The lowest BCUT2D eigenvalue weighted by atomic mass is 9.87. The van der Waals surface area contributed by atoms with Crippen molar-refractivity contribution < 1.29 is 59.7 Å². The molecule has 15 nitrogen and oxygen atoms in total. The number of hydrogen-bond acceptors (Lipinski definition) is 11. The molecule has 19 heteroatoms. The van der Waals surface area contributed by atoms with E-state index < -0.39 is 86.4 Å². The Morgan fingerprint density at radius 3 is 2.43 bits per heavy atom. The SMILES string of the molecule is COC[C@@H]1C[C@@H](C)CC/C=C\[C@H]2C[C@]2(C(=O)NS(=O)(=O)C2CC2)NC(=O)[C@@H]2C[C@@H](Oc3ncc(OC)c4ccccc34)CN2C(=O)[C@H]1NC(=O)OC(C)(C)C(F)(F)F. The molecule has 0 unspecified atom stereocenters. The number of benzene rings is 1. The number of amides is 4. The lowest BCUT2D eigenvalue weighted by Crippen LogP contribution is -2.60. The molecular formula is C39H50F3N5O10S. The minimum absolute atomic E-state index is 0.0905. The van der Waals surface area contributed by atoms with Crippen LogP contribution in [0.4, 0.5) is 18.0 Å². The number of rotatable bonds is 10. The van der Waals surface area contributed by atoms with Crippen molar-refractivity contribution in [2.75, 3.05) is 27.4 Å². The Hall–Kier alpha value is -4.65. The third-order valence-corrected chi connectivity index (χ3v) is 13.2. The molecule has 0 spiro atoms. The molecule has 2 saturated carbocycles. The van der Waals surface area contributed by atoms with Crippen LogP contribution >= 0.6 is 0 Å². The summed E-state index contributed by atoms with van der Waals surface area (Å²) < 4.78 is 91.5. The predicted molar refractivity (Wildman–Crippen MR) is 203 cm³/mol. The molecule has 1 aromatic carbocycles. The van der Waals surface area contributed by atoms with Crippen LogP contribution in [0.5, 0.6) is 11.6 Å². The van der Waals surface area contributed by atoms with Gasteiger partial charge in [-0.15, -0.1) is 0 Å². The summed E-state index contributed by atoms with van der Waals surface area (Å²) in [6.07, 6.45) is -0.120. The van der Waals surface area contributed by atoms with E-state index in [0.29, 0.717) is 56.1 Å². The molecule has 2 aliphatic carbocycles. The van der Waals surface area contributed by atoms with Gasteiger partial charge in [0.2, 0.25) is 33.3 Å². The highest BCUT2D eigenvalue weighted by atomic mass is 32.2. The Bertz CT molecular complexity index is 2040. The number of carbonyl (C=O) groups excluding carboxylic acids is 4. The smallest absolute Gasteiger partial charge is 0.427 e. The van der Waals surface area contributed by atoms with E-state index in [1.165, 1.54) is 20.4 Å². The van der Waals surface area contributed by atoms with Gasteiger partial charge < -0.3 is 34.5 Å². The first-order chi connectivity index (χ1) is 27.3. The van der Waals surface area contributed by atoms with Gasteiger partial charge in [0.05, 0.1) is 31.7 Å². The minimum Gasteiger partial charge on any atom is -0.494 e. The summed E-state index contributed by atoms with van der Waals surface area (Å²) in [5, 5.41) is 5.71. The van der Waals surface area contributed by atoms with Crippen LogP contribution in [0.3, 0.4) is 0 Å². The highest BCUT2D eigenvalue weighted by Gasteiger charge is 2.62. The maximum atomic E-state index is 14.9. The number of alkyl halides is 3. The number of hydrogen-bond donors (Lipinski definition) is 3. The second-order valence-electron chi connectivity index (χ2n) is 16.2. The van der Waals surface area contributed by atoms with Crippen molar-refractivity contribution in [3.05, 3.63) is 42.6 Å². The number of carbonyl (C=O) groups is 4. The fourth-order valence-electron chi connectivity index (χ4n) is 7.69. The summed E-state index contributed by atoms with van der Waals surface area (Å²) in [6.45, 7) is 2.94. The van der Waals surface area contributed by atoms with E-state index in [1.807, 2.05) is 13.0 Å². The van der Waals surface area contributed by atoms with Gasteiger partial charge in [-0.3, -0.25) is 19.1 Å². The molecule has 2 aliphatic heterocycles. The Labute approximate surface area is 334 Å². The first-order valence-electron chi connectivity index (χ1n) is 19.3. The number of nitrogens with zero attached hydrogens (tertiary/aromatic N) is 2. The molecule has 0 bridgehead atoms. The third-order valence-electron chi connectivity index (χ3n) is 11.4. The van der Waals surface area contributed by atoms with Crippen molar-refractivity contribution in [2.24, 2.45) is 17.8 Å². The fraction of sp³-hybridized carbons (Fsp3) is 0.615. The highest BCUT2D eigenvalue weighted by Crippen LogP contribution is 2.46. The number of aromatic nitrogens is 1. The minimum atomic E-state index is -4.94. The van der Waals surface area contributed by atoms with Gasteiger partial charge in [0.1, 0.15) is 29.5 Å². The molecule has 3 N–H and O–H groups in total. The molecule has 7 atom stereocenters. The summed E-state index contributed by atoms with van der Waals surface area (Å²) in [6, 6.07) is 4.25. The molecule has 4 aliphatic rings. The topological polar surface area (TPSA) is 192 Å². The summed E-state index contributed by atoms with van der Waals surface area (Å²) in [5.74, 6) is -3.33. The van der Waals surface area contributed by atoms with Crippen LogP contribution in [0, 0.1) is 17.8 Å². The molecule has 58 heavy (non-hydrogen) atoms. The van der Waals surface area contributed by atoms with Crippen molar-refractivity contribution in [3.8, 4) is 11.6 Å². The molecule has 0 radical (unpaired) electrons. The summed E-state index contributed by atoms with van der Waals surface area (Å²) in [5.41, 5.74) is -4.56. The van der Waals surface area contributed by atoms with Crippen LogP contribution in [0.25, 0.3) is 10.8 Å². The fourth-order valence-corrected chi connectivity index (χ4v) is 9.06. The van der Waals surface area contributed by atoms with E-state index in [-0.39, 0.29) is 44.2 Å². The van der Waals surface area contributed by atoms with Gasteiger partial charge in [-0.1, -0.05) is 37.3 Å². The van der Waals surface area contributed by atoms with Gasteiger partial charge in [-0.05, 0) is 64.4 Å². The van der Waals surface area contributed by atoms with Gasteiger partial charge in [0.25, 0.3) is 5.91 Å². The van der Waals surface area contributed by atoms with Crippen LogP contribution in [0.2, 0.25) is 0 Å². The van der Waals surface area contributed by atoms with E-state index in [2.05, 4.69) is 20.3 Å². The molecule has 2 aromatic rings. The van der Waals surface area contributed by atoms with Gasteiger partial charge in [-0.25, -0.2) is 18.2 Å². The van der Waals surface area contributed by atoms with Crippen LogP contribution in [0.1, 0.15) is 65.7 Å². The second kappa shape index (κ2) is 16.5. The number of pyridine rings is 1. The maximum absolute atomic E-state index is 14.9. The van der Waals surface area contributed by atoms with Crippen molar-refractivity contribution in [1.82, 2.24) is 25.2 Å². The molecule has 1 saturated heterocycles. The van der Waals surface area contributed by atoms with Crippen molar-refractivity contribution in [2.45, 2.75) is 106 Å². The summed E-state index contributed by atoms with van der Waals surface area (Å²) >= 11 is 0. The Balaban J connectivity index is 1.38. The third kappa shape index (κ3) is 9.14. The summed E-state index contributed by atoms with van der Waals surface area (Å²) in [4.78, 5) is 62.1. The lowest BCUT2D eigenvalue weighted by molar-refractivity contribution is -0.244. The average molecular weight is 838 g/mol. The molecule has 3 fully saturated rings. The highest BCUT2D eigenvalue weighted by molar-refractivity contribution is 7.91. The van der Waals surface area contributed by atoms with Crippen LogP contribution in [-0.4, -0.2) is 110 Å². The summed E-state index contributed by atoms with van der Waals surface area (Å²) in [7, 11) is -1.11. The number of nitrogens with one attached hydrogen (secondary N) is 3. The molecule has 3 heterocycles. The predicted octanol–water partition coefficient (Wildman–Crippen LogP) is 4.15. The van der Waals surface area contributed by atoms with E-state index >= 15 is 0 Å². The van der Waals surface area contributed by atoms with Gasteiger partial charge >= 0.3 is 12.3 Å². The Kier molecular flexibility index (Phi) is 12.2. The zero-order valence-corrected chi connectivity index (χ0v) is 33.8. The van der Waals surface area contributed by atoms with Crippen molar-refractivity contribution in [3.63, 3.8) is 0 Å². The first kappa shape index (κ1) is 42.9. The number of methoxy groups -OCH3 is 2. The number of halogens is 3. The van der Waals surface area contributed by atoms with Gasteiger partial charge in [-0.2, -0.15) is 13.2 Å². The van der Waals surface area contributed by atoms with E-state index in [0.717, 1.165) is 4.90 Å². The molecule has 6 rings (SSSR count). The normalized spacial score (nSPS) is 28.9. The number of ether oxygens (including phenoxy) is 4. The number of allylic oxidation sites excluding steroid dienone is 1. The largest absolute Gasteiger partial charge is 0.494 e. The van der Waals surface area contributed by atoms with Gasteiger partial charge in [0, 0.05) is 36.1 Å². The number of fused-ring (bicyclic) bond motifs is 3.